The predicted molar refractivity (Wildman–Crippen MR) is 85.2 cm³/mol. The van der Waals surface area contributed by atoms with E-state index >= 15 is 0 Å². The van der Waals surface area contributed by atoms with Gasteiger partial charge in [-0.05, 0) is 44.5 Å². The fraction of sp³-hybridized carbons (Fsp3) is 0.412. The maximum Gasteiger partial charge on any atom is 0.326 e. The molecule has 0 unspecified atom stereocenters. The van der Waals surface area contributed by atoms with Gasteiger partial charge in [0.2, 0.25) is 5.78 Å². The quantitative estimate of drug-likeness (QED) is 0.478. The first-order valence-electron chi connectivity index (χ1n) is 7.81. The summed E-state index contributed by atoms with van der Waals surface area (Å²) < 4.78 is 17.9. The van der Waals surface area contributed by atoms with Gasteiger partial charge in [0, 0.05) is 5.56 Å². The predicted octanol–water partition coefficient (Wildman–Crippen LogP) is 1.66. The van der Waals surface area contributed by atoms with Crippen LogP contribution in [0, 0.1) is 5.82 Å². The number of ketones is 1. The third kappa shape index (κ3) is 3.84. The van der Waals surface area contributed by atoms with E-state index in [0.717, 1.165) is 17.0 Å². The van der Waals surface area contributed by atoms with Crippen molar-refractivity contribution in [2.24, 2.45) is 0 Å². The monoisotopic (exact) mass is 350 g/mol. The fourth-order valence-electron chi connectivity index (χ4n) is 2.40. The Kier molecular flexibility index (Phi) is 5.20. The van der Waals surface area contributed by atoms with Crippen LogP contribution in [0.2, 0.25) is 0 Å². The van der Waals surface area contributed by atoms with Crippen molar-refractivity contribution in [2.75, 3.05) is 6.54 Å². The summed E-state index contributed by atoms with van der Waals surface area (Å²) in [7, 11) is 0. The molecule has 25 heavy (non-hydrogen) atoms. The minimum atomic E-state index is -1.13. The first-order valence-corrected chi connectivity index (χ1v) is 7.81. The molecule has 1 aromatic carbocycles. The van der Waals surface area contributed by atoms with Gasteiger partial charge in [-0.2, -0.15) is 0 Å². The standard InChI is InChI=1S/C17H19FN2O5/c1-4-17(3)15(23)20(16(24)19-17)9-13(21)25-10(2)14(22)11-5-7-12(18)8-6-11/h5-8,10H,4,9H2,1-3H3,(H,19,24)/t10-,17-/m1/s1. The summed E-state index contributed by atoms with van der Waals surface area (Å²) in [5.41, 5.74) is -0.859. The maximum absolute atomic E-state index is 12.9. The van der Waals surface area contributed by atoms with Crippen LogP contribution in [0.5, 0.6) is 0 Å². The number of nitrogens with one attached hydrogen (secondary N) is 1. The number of Topliss-reactive ketones (excluding diaryl/α,β-unsaturated/α-hetero) is 1. The van der Waals surface area contributed by atoms with Crippen molar-refractivity contribution < 1.29 is 28.3 Å². The Bertz CT molecular complexity index is 718. The van der Waals surface area contributed by atoms with Crippen molar-refractivity contribution in [3.63, 3.8) is 0 Å². The molecular weight excluding hydrogens is 331 g/mol. The number of hydrogen-bond acceptors (Lipinski definition) is 5. The minimum absolute atomic E-state index is 0.190. The van der Waals surface area contributed by atoms with Gasteiger partial charge in [-0.15, -0.1) is 0 Å². The van der Waals surface area contributed by atoms with Crippen molar-refractivity contribution in [2.45, 2.75) is 38.8 Å². The molecule has 2 rings (SSSR count). The van der Waals surface area contributed by atoms with Gasteiger partial charge in [-0.25, -0.2) is 9.18 Å². The van der Waals surface area contributed by atoms with E-state index in [1.807, 2.05) is 0 Å². The van der Waals surface area contributed by atoms with Gasteiger partial charge < -0.3 is 10.1 Å². The van der Waals surface area contributed by atoms with E-state index in [-0.39, 0.29) is 5.56 Å². The molecule has 7 nitrogen and oxygen atoms in total. The first kappa shape index (κ1) is 18.6. The molecule has 0 saturated carbocycles. The molecule has 0 bridgehead atoms. The number of ether oxygens (including phenoxy) is 1. The van der Waals surface area contributed by atoms with Crippen LogP contribution in [0.25, 0.3) is 0 Å². The number of imide groups is 1. The van der Waals surface area contributed by atoms with Crippen molar-refractivity contribution in [3.05, 3.63) is 35.6 Å². The second-order valence-corrected chi connectivity index (χ2v) is 6.01. The van der Waals surface area contributed by atoms with Gasteiger partial charge in [0.25, 0.3) is 5.91 Å². The second kappa shape index (κ2) is 7.00. The van der Waals surface area contributed by atoms with Gasteiger partial charge in [-0.3, -0.25) is 19.3 Å². The summed E-state index contributed by atoms with van der Waals surface area (Å²) in [4.78, 5) is 49.0. The second-order valence-electron chi connectivity index (χ2n) is 6.01. The Morgan fingerprint density at radius 3 is 2.40 bits per heavy atom. The van der Waals surface area contributed by atoms with Crippen LogP contribution in [-0.2, 0) is 14.3 Å². The van der Waals surface area contributed by atoms with Crippen LogP contribution in [-0.4, -0.2) is 46.8 Å². The summed E-state index contributed by atoms with van der Waals surface area (Å²) in [5.74, 6) is -2.40. The zero-order valence-electron chi connectivity index (χ0n) is 14.2. The summed E-state index contributed by atoms with van der Waals surface area (Å²) in [6, 6.07) is 4.14. The molecule has 1 aliphatic heterocycles. The van der Waals surface area contributed by atoms with Crippen molar-refractivity contribution >= 4 is 23.7 Å². The maximum atomic E-state index is 12.9. The third-order valence-corrected chi connectivity index (χ3v) is 4.15. The summed E-state index contributed by atoms with van der Waals surface area (Å²) in [6.45, 7) is 4.09. The molecule has 8 heteroatoms. The number of amides is 3. The van der Waals surface area contributed by atoms with Crippen LogP contribution in [0.4, 0.5) is 9.18 Å². The molecular formula is C17H19FN2O5. The van der Waals surface area contributed by atoms with Crippen LogP contribution in [0.15, 0.2) is 24.3 Å². The number of esters is 1. The lowest BCUT2D eigenvalue weighted by molar-refractivity contribution is -0.149. The lowest BCUT2D eigenvalue weighted by Crippen LogP contribution is -2.43. The molecule has 1 heterocycles. The summed E-state index contributed by atoms with van der Waals surface area (Å²) in [6.07, 6.45) is -0.751. The van der Waals surface area contributed by atoms with Crippen molar-refractivity contribution in [1.82, 2.24) is 10.2 Å². The Morgan fingerprint density at radius 1 is 1.28 bits per heavy atom. The SMILES string of the molecule is CC[C@@]1(C)NC(=O)N(CC(=O)O[C@H](C)C(=O)c2ccc(F)cc2)C1=O. The lowest BCUT2D eigenvalue weighted by Gasteiger charge is -2.19. The highest BCUT2D eigenvalue weighted by atomic mass is 19.1. The minimum Gasteiger partial charge on any atom is -0.453 e. The van der Waals surface area contributed by atoms with Gasteiger partial charge in [-0.1, -0.05) is 6.92 Å². The van der Waals surface area contributed by atoms with E-state index in [4.69, 9.17) is 4.74 Å². The number of nitrogens with zero attached hydrogens (tertiary/aromatic N) is 1. The molecule has 0 aromatic heterocycles. The first-order chi connectivity index (χ1) is 11.7. The normalized spacial score (nSPS) is 21.0. The van der Waals surface area contributed by atoms with Crippen LogP contribution in [0.1, 0.15) is 37.6 Å². The molecule has 1 saturated heterocycles. The molecule has 0 aliphatic carbocycles. The molecule has 0 spiro atoms. The van der Waals surface area contributed by atoms with E-state index in [2.05, 4.69) is 5.32 Å². The number of halogens is 1. The van der Waals surface area contributed by atoms with Gasteiger partial charge in [0.05, 0.1) is 0 Å². The molecule has 1 aliphatic rings. The average molecular weight is 350 g/mol. The number of rotatable bonds is 6. The van der Waals surface area contributed by atoms with E-state index in [9.17, 15) is 23.6 Å². The molecule has 1 fully saturated rings. The number of hydrogen-bond donors (Lipinski definition) is 1. The van der Waals surface area contributed by atoms with Crippen LogP contribution in [0.3, 0.4) is 0 Å². The lowest BCUT2D eigenvalue weighted by atomic mass is 9.99. The van der Waals surface area contributed by atoms with Gasteiger partial charge in [0.1, 0.15) is 17.9 Å². The zero-order valence-corrected chi connectivity index (χ0v) is 14.2. The van der Waals surface area contributed by atoms with Crippen LogP contribution >= 0.6 is 0 Å². The van der Waals surface area contributed by atoms with E-state index in [1.165, 1.54) is 19.1 Å². The summed E-state index contributed by atoms with van der Waals surface area (Å²) >= 11 is 0. The number of carbonyl (C=O) groups excluding carboxylic acids is 4. The molecule has 3 amide bonds. The highest BCUT2D eigenvalue weighted by Crippen LogP contribution is 2.20. The Balaban J connectivity index is 1.98. The highest BCUT2D eigenvalue weighted by molar-refractivity contribution is 6.08. The largest absolute Gasteiger partial charge is 0.453 e. The Hall–Kier alpha value is -2.77. The van der Waals surface area contributed by atoms with E-state index in [0.29, 0.717) is 6.42 Å². The summed E-state index contributed by atoms with van der Waals surface area (Å²) in [5, 5.41) is 2.52. The molecule has 0 radical (unpaired) electrons. The number of benzene rings is 1. The number of urea groups is 1. The van der Waals surface area contributed by atoms with Crippen molar-refractivity contribution in [3.8, 4) is 0 Å². The van der Waals surface area contributed by atoms with Gasteiger partial charge in [0.15, 0.2) is 6.10 Å². The van der Waals surface area contributed by atoms with Gasteiger partial charge >= 0.3 is 12.0 Å². The Morgan fingerprint density at radius 2 is 1.88 bits per heavy atom. The van der Waals surface area contributed by atoms with Crippen LogP contribution < -0.4 is 5.32 Å². The average Bonchev–Trinajstić information content (AvgIpc) is 2.78. The highest BCUT2D eigenvalue weighted by Gasteiger charge is 2.47. The Labute approximate surface area is 144 Å². The van der Waals surface area contributed by atoms with Crippen molar-refractivity contribution in [1.29, 1.82) is 0 Å². The number of carbonyl (C=O) groups is 4. The molecule has 1 N–H and O–H groups in total. The van der Waals surface area contributed by atoms with E-state index < -0.39 is 47.7 Å². The molecule has 1 aromatic rings. The smallest absolute Gasteiger partial charge is 0.326 e. The van der Waals surface area contributed by atoms with E-state index in [1.54, 1.807) is 13.8 Å². The molecule has 134 valence electrons. The zero-order chi connectivity index (χ0) is 18.8. The fourth-order valence-corrected chi connectivity index (χ4v) is 2.40. The topological polar surface area (TPSA) is 92.8 Å². The molecule has 2 atom stereocenters. The third-order valence-electron chi connectivity index (χ3n) is 4.15.